The molecule has 10 heteroatoms. The van der Waals surface area contributed by atoms with Crippen molar-refractivity contribution in [2.75, 3.05) is 12.4 Å². The molecule has 2 aromatic rings. The third-order valence-electron chi connectivity index (χ3n) is 3.82. The highest BCUT2D eigenvalue weighted by Gasteiger charge is 2.24. The number of nitro groups is 1. The number of carbonyl (C=O) groups is 2. The average Bonchev–Trinajstić information content (AvgIpc) is 2.88. The van der Waals surface area contributed by atoms with Crippen molar-refractivity contribution in [2.45, 2.75) is 33.4 Å². The summed E-state index contributed by atoms with van der Waals surface area (Å²) in [5.74, 6) is -0.677. The van der Waals surface area contributed by atoms with Crippen LogP contribution in [0.2, 0.25) is 0 Å². The lowest BCUT2D eigenvalue weighted by Crippen LogP contribution is -2.31. The lowest BCUT2D eigenvalue weighted by Gasteiger charge is -2.14. The van der Waals surface area contributed by atoms with Gasteiger partial charge in [-0.1, -0.05) is 6.07 Å². The number of nitrogens with zero attached hydrogens (tertiary/aromatic N) is 3. The molecular weight excluding hydrogens is 356 g/mol. The van der Waals surface area contributed by atoms with Crippen LogP contribution < -0.4 is 10.1 Å². The van der Waals surface area contributed by atoms with Crippen LogP contribution in [0.25, 0.3) is 0 Å². The number of hydrogen-bond acceptors (Lipinski definition) is 7. The highest BCUT2D eigenvalue weighted by Crippen LogP contribution is 2.22. The largest absolute Gasteiger partial charge is 0.497 e. The van der Waals surface area contributed by atoms with E-state index in [-0.39, 0.29) is 23.6 Å². The lowest BCUT2D eigenvalue weighted by atomic mass is 10.3. The molecular formula is C17H20N4O6. The highest BCUT2D eigenvalue weighted by atomic mass is 16.6. The smallest absolute Gasteiger partial charge is 0.328 e. The van der Waals surface area contributed by atoms with Crippen molar-refractivity contribution >= 4 is 23.3 Å². The van der Waals surface area contributed by atoms with Gasteiger partial charge in [-0.3, -0.25) is 24.4 Å². The minimum absolute atomic E-state index is 0.147. The minimum atomic E-state index is -1.06. The Labute approximate surface area is 155 Å². The molecule has 1 atom stereocenters. The number of aromatic nitrogens is 2. The Hall–Kier alpha value is -3.43. The van der Waals surface area contributed by atoms with Gasteiger partial charge < -0.3 is 14.8 Å². The molecule has 2 rings (SSSR count). The topological polar surface area (TPSA) is 126 Å². The summed E-state index contributed by atoms with van der Waals surface area (Å²) in [4.78, 5) is 34.7. The number of aryl methyl sites for hydroxylation is 1. The van der Waals surface area contributed by atoms with Gasteiger partial charge in [0, 0.05) is 11.8 Å². The molecule has 0 bridgehead atoms. The first-order chi connectivity index (χ1) is 12.7. The van der Waals surface area contributed by atoms with Crippen molar-refractivity contribution in [1.82, 2.24) is 9.78 Å². The van der Waals surface area contributed by atoms with Crippen LogP contribution in [0.15, 0.2) is 24.3 Å². The van der Waals surface area contributed by atoms with Gasteiger partial charge >= 0.3 is 11.7 Å². The molecule has 0 saturated carbocycles. The van der Waals surface area contributed by atoms with E-state index in [1.54, 1.807) is 24.3 Å². The SMILES string of the molecule is COc1cccc(NC(=O)[C@H](C)OC(=O)Cn2nc(C)c([N+](=O)[O-])c2C)c1. The molecule has 10 nitrogen and oxygen atoms in total. The normalized spacial score (nSPS) is 11.6. The van der Waals surface area contributed by atoms with Crippen molar-refractivity contribution < 1.29 is 24.0 Å². The molecule has 0 aliphatic carbocycles. The van der Waals surface area contributed by atoms with Gasteiger partial charge in [-0.05, 0) is 32.9 Å². The molecule has 0 saturated heterocycles. The van der Waals surface area contributed by atoms with Crippen LogP contribution in [0.5, 0.6) is 5.75 Å². The van der Waals surface area contributed by atoms with E-state index in [1.165, 1.54) is 32.6 Å². The molecule has 0 aliphatic heterocycles. The van der Waals surface area contributed by atoms with Crippen LogP contribution >= 0.6 is 0 Å². The summed E-state index contributed by atoms with van der Waals surface area (Å²) in [5, 5.41) is 17.6. The molecule has 0 radical (unpaired) electrons. The standard InChI is InChI=1S/C17H20N4O6/c1-10-16(21(24)25)11(2)20(19-10)9-15(22)27-12(3)17(23)18-13-6-5-7-14(8-13)26-4/h5-8,12H,9H2,1-4H3,(H,18,23)/t12-/m0/s1. The fraction of sp³-hybridized carbons (Fsp3) is 0.353. The third kappa shape index (κ3) is 4.81. The predicted molar refractivity (Wildman–Crippen MR) is 95.5 cm³/mol. The zero-order valence-corrected chi connectivity index (χ0v) is 15.4. The van der Waals surface area contributed by atoms with Gasteiger partial charge in [-0.2, -0.15) is 5.10 Å². The van der Waals surface area contributed by atoms with Gasteiger partial charge in [0.2, 0.25) is 0 Å². The van der Waals surface area contributed by atoms with E-state index in [1.807, 2.05) is 0 Å². The Morgan fingerprint density at radius 3 is 2.67 bits per heavy atom. The molecule has 1 N–H and O–H groups in total. The Kier molecular flexibility index (Phi) is 6.11. The molecule has 1 heterocycles. The first-order valence-corrected chi connectivity index (χ1v) is 8.05. The predicted octanol–water partition coefficient (Wildman–Crippen LogP) is 1.99. The monoisotopic (exact) mass is 376 g/mol. The number of amides is 1. The molecule has 0 spiro atoms. The van der Waals surface area contributed by atoms with Gasteiger partial charge in [-0.25, -0.2) is 0 Å². The third-order valence-corrected chi connectivity index (χ3v) is 3.82. The first kappa shape index (κ1) is 19.9. The summed E-state index contributed by atoms with van der Waals surface area (Å²) in [7, 11) is 1.51. The number of methoxy groups -OCH3 is 1. The molecule has 144 valence electrons. The Bertz CT molecular complexity index is 876. The lowest BCUT2D eigenvalue weighted by molar-refractivity contribution is -0.386. The molecule has 1 amide bonds. The van der Waals surface area contributed by atoms with Gasteiger partial charge in [0.1, 0.15) is 23.7 Å². The number of esters is 1. The second-order valence-corrected chi connectivity index (χ2v) is 5.79. The second kappa shape index (κ2) is 8.30. The van der Waals surface area contributed by atoms with Crippen LogP contribution in [0, 0.1) is 24.0 Å². The number of nitrogens with one attached hydrogen (secondary N) is 1. The van der Waals surface area contributed by atoms with Crippen LogP contribution in [0.3, 0.4) is 0 Å². The summed E-state index contributed by atoms with van der Waals surface area (Å²) in [6, 6.07) is 6.74. The Balaban J connectivity index is 1.98. The van der Waals surface area contributed by atoms with Crippen molar-refractivity contribution in [3.8, 4) is 5.75 Å². The summed E-state index contributed by atoms with van der Waals surface area (Å²) in [6.45, 7) is 4.07. The van der Waals surface area contributed by atoms with E-state index in [0.29, 0.717) is 11.4 Å². The molecule has 0 unspecified atom stereocenters. The maximum absolute atomic E-state index is 12.2. The van der Waals surface area contributed by atoms with E-state index in [9.17, 15) is 19.7 Å². The molecule has 0 aliphatic rings. The van der Waals surface area contributed by atoms with Crippen LogP contribution in [-0.4, -0.2) is 39.8 Å². The first-order valence-electron chi connectivity index (χ1n) is 8.05. The van der Waals surface area contributed by atoms with E-state index >= 15 is 0 Å². The fourth-order valence-corrected chi connectivity index (χ4v) is 2.46. The van der Waals surface area contributed by atoms with E-state index in [4.69, 9.17) is 9.47 Å². The van der Waals surface area contributed by atoms with E-state index in [2.05, 4.69) is 10.4 Å². The van der Waals surface area contributed by atoms with Crippen molar-refractivity contribution in [3.63, 3.8) is 0 Å². The molecule has 0 fully saturated rings. The number of anilines is 1. The van der Waals surface area contributed by atoms with Crippen LogP contribution in [-0.2, 0) is 20.9 Å². The summed E-state index contributed by atoms with van der Waals surface area (Å²) >= 11 is 0. The summed E-state index contributed by atoms with van der Waals surface area (Å²) < 4.78 is 11.4. The van der Waals surface area contributed by atoms with Gasteiger partial charge in [0.25, 0.3) is 5.91 Å². The Morgan fingerprint density at radius 1 is 1.37 bits per heavy atom. The van der Waals surface area contributed by atoms with E-state index in [0.717, 1.165) is 0 Å². The number of carbonyl (C=O) groups excluding carboxylic acids is 2. The van der Waals surface area contributed by atoms with Gasteiger partial charge in [0.15, 0.2) is 6.10 Å². The number of benzene rings is 1. The van der Waals surface area contributed by atoms with Gasteiger partial charge in [-0.15, -0.1) is 0 Å². The Morgan fingerprint density at radius 2 is 2.07 bits per heavy atom. The highest BCUT2D eigenvalue weighted by molar-refractivity contribution is 5.95. The maximum atomic E-state index is 12.2. The zero-order valence-electron chi connectivity index (χ0n) is 15.4. The summed E-state index contributed by atoms with van der Waals surface area (Å²) in [6.07, 6.45) is -1.06. The zero-order chi connectivity index (χ0) is 20.1. The van der Waals surface area contributed by atoms with Crippen LogP contribution in [0.4, 0.5) is 11.4 Å². The number of hydrogen-bond donors (Lipinski definition) is 1. The van der Waals surface area contributed by atoms with Gasteiger partial charge in [0.05, 0.1) is 12.0 Å². The van der Waals surface area contributed by atoms with Crippen molar-refractivity contribution in [3.05, 3.63) is 45.8 Å². The van der Waals surface area contributed by atoms with Crippen molar-refractivity contribution in [2.24, 2.45) is 0 Å². The summed E-state index contributed by atoms with van der Waals surface area (Å²) in [5.41, 5.74) is 0.792. The van der Waals surface area contributed by atoms with Crippen molar-refractivity contribution in [1.29, 1.82) is 0 Å². The fourth-order valence-electron chi connectivity index (χ4n) is 2.46. The number of rotatable bonds is 7. The number of ether oxygens (including phenoxy) is 2. The van der Waals surface area contributed by atoms with Crippen LogP contribution in [0.1, 0.15) is 18.3 Å². The molecule has 1 aromatic carbocycles. The molecule has 1 aromatic heterocycles. The average molecular weight is 376 g/mol. The quantitative estimate of drug-likeness (QED) is 0.445. The maximum Gasteiger partial charge on any atom is 0.328 e. The second-order valence-electron chi connectivity index (χ2n) is 5.79. The minimum Gasteiger partial charge on any atom is -0.497 e. The molecule has 27 heavy (non-hydrogen) atoms. The van der Waals surface area contributed by atoms with E-state index < -0.39 is 22.9 Å².